The van der Waals surface area contributed by atoms with Gasteiger partial charge in [-0.15, -0.1) is 0 Å². The molecule has 0 radical (unpaired) electrons. The van der Waals surface area contributed by atoms with Crippen molar-refractivity contribution < 1.29 is 4.39 Å². The number of nitrogens with zero attached hydrogens (tertiary/aromatic N) is 1. The number of benzene rings is 1. The molecule has 0 saturated carbocycles. The summed E-state index contributed by atoms with van der Waals surface area (Å²) < 4.78 is 13.3. The molecule has 1 atom stereocenters. The Bertz CT molecular complexity index is 746. The van der Waals surface area contributed by atoms with Gasteiger partial charge >= 0.3 is 0 Å². The average Bonchev–Trinajstić information content (AvgIpc) is 2.57. The van der Waals surface area contributed by atoms with E-state index in [4.69, 9.17) is 11.6 Å². The van der Waals surface area contributed by atoms with Crippen LogP contribution < -0.4 is 5.56 Å². The van der Waals surface area contributed by atoms with Gasteiger partial charge in [-0.3, -0.25) is 9.69 Å². The third kappa shape index (κ3) is 4.46. The molecule has 0 amide bonds. The maximum atomic E-state index is 13.3. The number of nitrogens with one attached hydrogen (secondary N) is 1. The van der Waals surface area contributed by atoms with Gasteiger partial charge in [0.25, 0.3) is 5.56 Å². The Morgan fingerprint density at radius 3 is 3.00 bits per heavy atom. The molecule has 1 saturated heterocycles. The third-order valence-corrected chi connectivity index (χ3v) is 4.94. The SMILES string of the molecule is O=c1[nH]cc(Cl)cc1CN1CCCCC1CCc1cccc(F)c1. The van der Waals surface area contributed by atoms with Crippen LogP contribution in [-0.2, 0) is 13.0 Å². The lowest BCUT2D eigenvalue weighted by molar-refractivity contribution is 0.132. The standard InChI is InChI=1S/C19H22ClFN2O/c20-16-11-15(19(24)22-12-16)13-23-9-2-1-6-18(23)8-7-14-4-3-5-17(21)10-14/h3-5,10-12,18H,1-2,6-9,13H2,(H,22,24). The molecule has 128 valence electrons. The number of pyridine rings is 1. The largest absolute Gasteiger partial charge is 0.327 e. The maximum absolute atomic E-state index is 13.3. The highest BCUT2D eigenvalue weighted by Crippen LogP contribution is 2.23. The Kier molecular flexibility index (Phi) is 5.69. The number of hydrogen-bond donors (Lipinski definition) is 1. The molecule has 24 heavy (non-hydrogen) atoms. The van der Waals surface area contributed by atoms with E-state index in [1.54, 1.807) is 18.2 Å². The summed E-state index contributed by atoms with van der Waals surface area (Å²) in [5.74, 6) is -0.182. The first-order valence-electron chi connectivity index (χ1n) is 8.47. The van der Waals surface area contributed by atoms with Crippen LogP contribution in [0.2, 0.25) is 5.02 Å². The maximum Gasteiger partial charge on any atom is 0.252 e. The molecule has 3 rings (SSSR count). The zero-order chi connectivity index (χ0) is 16.9. The molecular formula is C19H22ClFN2O. The van der Waals surface area contributed by atoms with Crippen LogP contribution in [-0.4, -0.2) is 22.5 Å². The van der Waals surface area contributed by atoms with E-state index in [2.05, 4.69) is 9.88 Å². The molecule has 5 heteroatoms. The van der Waals surface area contributed by atoms with Gasteiger partial charge in [-0.1, -0.05) is 30.2 Å². The third-order valence-electron chi connectivity index (χ3n) is 4.72. The molecule has 1 aliphatic heterocycles. The van der Waals surface area contributed by atoms with Gasteiger partial charge in [0.1, 0.15) is 5.82 Å². The van der Waals surface area contributed by atoms with E-state index >= 15 is 0 Å². The summed E-state index contributed by atoms with van der Waals surface area (Å²) in [5, 5.41) is 0.554. The first-order chi connectivity index (χ1) is 11.6. The number of aryl methyl sites for hydroxylation is 1. The number of piperidine rings is 1. The summed E-state index contributed by atoms with van der Waals surface area (Å²) in [6, 6.07) is 8.97. The molecule has 3 nitrogen and oxygen atoms in total. The molecule has 1 aliphatic rings. The van der Waals surface area contributed by atoms with E-state index in [1.165, 1.54) is 18.7 Å². The summed E-state index contributed by atoms with van der Waals surface area (Å²) in [5.41, 5.74) is 1.66. The second-order valence-electron chi connectivity index (χ2n) is 6.46. The number of halogens is 2. The molecule has 2 heterocycles. The predicted molar refractivity (Wildman–Crippen MR) is 94.8 cm³/mol. The lowest BCUT2D eigenvalue weighted by Crippen LogP contribution is -2.40. The summed E-state index contributed by atoms with van der Waals surface area (Å²) in [7, 11) is 0. The fourth-order valence-electron chi connectivity index (χ4n) is 3.46. The van der Waals surface area contributed by atoms with Gasteiger partial charge in [0.05, 0.1) is 5.02 Å². The van der Waals surface area contributed by atoms with Crippen molar-refractivity contribution in [1.29, 1.82) is 0 Å². The Morgan fingerprint density at radius 2 is 2.17 bits per heavy atom. The highest BCUT2D eigenvalue weighted by molar-refractivity contribution is 6.30. The molecule has 0 aliphatic carbocycles. The highest BCUT2D eigenvalue weighted by atomic mass is 35.5. The van der Waals surface area contributed by atoms with Crippen molar-refractivity contribution in [2.75, 3.05) is 6.54 Å². The van der Waals surface area contributed by atoms with Crippen molar-refractivity contribution in [2.24, 2.45) is 0 Å². The number of hydrogen-bond acceptors (Lipinski definition) is 2. The summed E-state index contributed by atoms with van der Waals surface area (Å²) in [6.07, 6.45) is 6.82. The topological polar surface area (TPSA) is 36.1 Å². The van der Waals surface area contributed by atoms with Crippen molar-refractivity contribution in [3.63, 3.8) is 0 Å². The molecule has 0 bridgehead atoms. The van der Waals surface area contributed by atoms with E-state index in [0.29, 0.717) is 23.2 Å². The first kappa shape index (κ1) is 17.2. The fraction of sp³-hybridized carbons (Fsp3) is 0.421. The smallest absolute Gasteiger partial charge is 0.252 e. The number of aromatic nitrogens is 1. The summed E-state index contributed by atoms with van der Waals surface area (Å²) in [4.78, 5) is 17.0. The number of likely N-dealkylation sites (tertiary alicyclic amines) is 1. The van der Waals surface area contributed by atoms with Crippen LogP contribution in [0.15, 0.2) is 41.3 Å². The van der Waals surface area contributed by atoms with E-state index in [9.17, 15) is 9.18 Å². The predicted octanol–water partition coefficient (Wildman–Crippen LogP) is 4.15. The molecule has 1 N–H and O–H groups in total. The van der Waals surface area contributed by atoms with Crippen LogP contribution in [0.4, 0.5) is 4.39 Å². The average molecular weight is 349 g/mol. The fourth-order valence-corrected chi connectivity index (χ4v) is 3.64. The minimum absolute atomic E-state index is 0.0751. The van der Waals surface area contributed by atoms with Crippen molar-refractivity contribution >= 4 is 11.6 Å². The Morgan fingerprint density at radius 1 is 1.29 bits per heavy atom. The molecule has 1 unspecified atom stereocenters. The van der Waals surface area contributed by atoms with Crippen LogP contribution in [0, 0.1) is 5.82 Å². The van der Waals surface area contributed by atoms with Crippen LogP contribution in [0.1, 0.15) is 36.8 Å². The lowest BCUT2D eigenvalue weighted by Gasteiger charge is -2.35. The Labute approximate surface area is 146 Å². The quantitative estimate of drug-likeness (QED) is 0.881. The van der Waals surface area contributed by atoms with Gasteiger partial charge in [-0.25, -0.2) is 4.39 Å². The molecular weight excluding hydrogens is 327 g/mol. The van der Waals surface area contributed by atoms with E-state index < -0.39 is 0 Å². The second kappa shape index (κ2) is 7.95. The number of H-pyrrole nitrogens is 1. The molecule has 1 aromatic heterocycles. The second-order valence-corrected chi connectivity index (χ2v) is 6.90. The van der Waals surface area contributed by atoms with Gasteiger partial charge < -0.3 is 4.98 Å². The zero-order valence-electron chi connectivity index (χ0n) is 13.6. The molecule has 2 aromatic rings. The highest BCUT2D eigenvalue weighted by Gasteiger charge is 2.23. The van der Waals surface area contributed by atoms with Crippen LogP contribution in [0.3, 0.4) is 0 Å². The van der Waals surface area contributed by atoms with Crippen LogP contribution >= 0.6 is 11.6 Å². The first-order valence-corrected chi connectivity index (χ1v) is 8.85. The number of rotatable bonds is 5. The Balaban J connectivity index is 1.67. The van der Waals surface area contributed by atoms with Gasteiger partial charge in [-0.2, -0.15) is 0 Å². The van der Waals surface area contributed by atoms with E-state index in [0.717, 1.165) is 37.8 Å². The van der Waals surface area contributed by atoms with Gasteiger partial charge in [-0.05, 0) is 56.0 Å². The molecule has 1 aromatic carbocycles. The van der Waals surface area contributed by atoms with Crippen molar-refractivity contribution in [2.45, 2.75) is 44.7 Å². The van der Waals surface area contributed by atoms with Crippen LogP contribution in [0.25, 0.3) is 0 Å². The monoisotopic (exact) mass is 348 g/mol. The minimum atomic E-state index is -0.182. The summed E-state index contributed by atoms with van der Waals surface area (Å²) >= 11 is 6.00. The molecule has 1 fully saturated rings. The van der Waals surface area contributed by atoms with Crippen molar-refractivity contribution in [3.8, 4) is 0 Å². The van der Waals surface area contributed by atoms with E-state index in [1.807, 2.05) is 6.07 Å². The summed E-state index contributed by atoms with van der Waals surface area (Å²) in [6.45, 7) is 1.60. The zero-order valence-corrected chi connectivity index (χ0v) is 14.4. The Hall–Kier alpha value is -1.65. The normalized spacial score (nSPS) is 18.7. The number of aromatic amines is 1. The minimum Gasteiger partial charge on any atom is -0.327 e. The van der Waals surface area contributed by atoms with E-state index in [-0.39, 0.29) is 11.4 Å². The lowest BCUT2D eigenvalue weighted by atomic mass is 9.95. The van der Waals surface area contributed by atoms with Gasteiger partial charge in [0.2, 0.25) is 0 Å². The van der Waals surface area contributed by atoms with Crippen LogP contribution in [0.5, 0.6) is 0 Å². The molecule has 0 spiro atoms. The van der Waals surface area contributed by atoms with Gasteiger partial charge in [0, 0.05) is 24.3 Å². The van der Waals surface area contributed by atoms with Crippen molar-refractivity contribution in [3.05, 3.63) is 68.8 Å². The van der Waals surface area contributed by atoms with Crippen molar-refractivity contribution in [1.82, 2.24) is 9.88 Å². The van der Waals surface area contributed by atoms with Gasteiger partial charge in [0.15, 0.2) is 0 Å².